The van der Waals surface area contributed by atoms with Crippen LogP contribution in [0.3, 0.4) is 0 Å². The van der Waals surface area contributed by atoms with Gasteiger partial charge in [-0.2, -0.15) is 0 Å². The van der Waals surface area contributed by atoms with Crippen molar-refractivity contribution in [3.8, 4) is 0 Å². The van der Waals surface area contributed by atoms with Gasteiger partial charge in [-0.25, -0.2) is 4.98 Å². The lowest BCUT2D eigenvalue weighted by molar-refractivity contribution is 1.29. The smallest absolute Gasteiger partial charge is 0.137 e. The number of hydrogen-bond donors (Lipinski definition) is 1. The average Bonchev–Trinajstić information content (AvgIpc) is 2.33. The topological polar surface area (TPSA) is 28.7 Å². The lowest BCUT2D eigenvalue weighted by Crippen LogP contribution is -1.78. The lowest BCUT2D eigenvalue weighted by Gasteiger charge is -1.92. The molecule has 0 saturated heterocycles. The lowest BCUT2D eigenvalue weighted by atomic mass is 10.2. The summed E-state index contributed by atoms with van der Waals surface area (Å²) in [5, 5.41) is 1.23. The van der Waals surface area contributed by atoms with Gasteiger partial charge in [-0.1, -0.05) is 0 Å². The quantitative estimate of drug-likeness (QED) is 0.606. The van der Waals surface area contributed by atoms with Crippen molar-refractivity contribution >= 4 is 11.0 Å². The zero-order valence-electron chi connectivity index (χ0n) is 6.68. The van der Waals surface area contributed by atoms with E-state index in [1.54, 1.807) is 0 Å². The fraction of sp³-hybridized carbons (Fsp3) is 0.222. The standard InChI is InChI=1S/C9H10N2/c1-6-3-8-7(2)5-11-9(8)10-4-6/h3-5H,1-2H3,(H,10,11). The first-order valence-electron chi connectivity index (χ1n) is 3.68. The number of hydrogen-bond acceptors (Lipinski definition) is 1. The molecular weight excluding hydrogens is 136 g/mol. The van der Waals surface area contributed by atoms with Gasteiger partial charge in [0, 0.05) is 17.8 Å². The van der Waals surface area contributed by atoms with Crippen molar-refractivity contribution < 1.29 is 0 Å². The first kappa shape index (κ1) is 6.40. The highest BCUT2D eigenvalue weighted by atomic mass is 14.8. The minimum atomic E-state index is 0.980. The molecule has 0 aliphatic rings. The van der Waals surface area contributed by atoms with Crippen LogP contribution in [0, 0.1) is 13.8 Å². The van der Waals surface area contributed by atoms with Gasteiger partial charge in [-0.3, -0.25) is 0 Å². The maximum absolute atomic E-state index is 4.25. The van der Waals surface area contributed by atoms with Crippen LogP contribution < -0.4 is 0 Å². The van der Waals surface area contributed by atoms with Crippen LogP contribution in [0.25, 0.3) is 11.0 Å². The van der Waals surface area contributed by atoms with E-state index in [1.165, 1.54) is 16.5 Å². The minimum absolute atomic E-state index is 0.980. The van der Waals surface area contributed by atoms with Crippen molar-refractivity contribution in [2.45, 2.75) is 13.8 Å². The predicted octanol–water partition coefficient (Wildman–Crippen LogP) is 2.18. The highest BCUT2D eigenvalue weighted by molar-refractivity contribution is 5.79. The number of aryl methyl sites for hydroxylation is 2. The maximum atomic E-state index is 4.25. The van der Waals surface area contributed by atoms with Crippen LogP contribution in [-0.2, 0) is 0 Å². The normalized spacial score (nSPS) is 10.7. The molecule has 0 aliphatic carbocycles. The Morgan fingerprint density at radius 3 is 3.00 bits per heavy atom. The second-order valence-corrected chi connectivity index (χ2v) is 2.88. The van der Waals surface area contributed by atoms with Crippen LogP contribution >= 0.6 is 0 Å². The fourth-order valence-corrected chi connectivity index (χ4v) is 1.24. The van der Waals surface area contributed by atoms with Crippen molar-refractivity contribution in [3.05, 3.63) is 29.6 Å². The van der Waals surface area contributed by atoms with Crippen molar-refractivity contribution in [1.29, 1.82) is 0 Å². The maximum Gasteiger partial charge on any atom is 0.137 e. The molecule has 1 N–H and O–H groups in total. The molecule has 0 aliphatic heterocycles. The molecule has 0 spiro atoms. The summed E-state index contributed by atoms with van der Waals surface area (Å²) in [6.07, 6.45) is 3.86. The van der Waals surface area contributed by atoms with Crippen LogP contribution in [0.2, 0.25) is 0 Å². The van der Waals surface area contributed by atoms with Gasteiger partial charge in [0.05, 0.1) is 0 Å². The Bertz CT molecular complexity index is 387. The molecule has 0 aromatic carbocycles. The van der Waals surface area contributed by atoms with E-state index >= 15 is 0 Å². The van der Waals surface area contributed by atoms with Crippen molar-refractivity contribution in [2.75, 3.05) is 0 Å². The Hall–Kier alpha value is -1.31. The molecular formula is C9H10N2. The largest absolute Gasteiger partial charge is 0.346 e. The third kappa shape index (κ3) is 0.909. The molecule has 2 aromatic rings. The van der Waals surface area contributed by atoms with E-state index in [9.17, 15) is 0 Å². The van der Waals surface area contributed by atoms with Crippen molar-refractivity contribution in [2.24, 2.45) is 0 Å². The number of aromatic nitrogens is 2. The highest BCUT2D eigenvalue weighted by Gasteiger charge is 1.98. The molecule has 2 heteroatoms. The first-order valence-corrected chi connectivity index (χ1v) is 3.68. The van der Waals surface area contributed by atoms with Gasteiger partial charge < -0.3 is 4.98 Å². The molecule has 0 fully saturated rings. The van der Waals surface area contributed by atoms with Gasteiger partial charge in [0.25, 0.3) is 0 Å². The monoisotopic (exact) mass is 146 g/mol. The summed E-state index contributed by atoms with van der Waals surface area (Å²) in [6, 6.07) is 2.15. The number of rotatable bonds is 0. The molecule has 11 heavy (non-hydrogen) atoms. The van der Waals surface area contributed by atoms with Gasteiger partial charge in [0.15, 0.2) is 0 Å². The molecule has 0 unspecified atom stereocenters. The highest BCUT2D eigenvalue weighted by Crippen LogP contribution is 2.15. The van der Waals surface area contributed by atoms with E-state index < -0.39 is 0 Å². The van der Waals surface area contributed by atoms with Gasteiger partial charge in [0.1, 0.15) is 5.65 Å². The van der Waals surface area contributed by atoms with E-state index in [0.717, 1.165) is 5.65 Å². The SMILES string of the molecule is Cc1cnc2[nH]cc(C)c2c1. The molecule has 0 saturated carbocycles. The van der Waals surface area contributed by atoms with E-state index in [4.69, 9.17) is 0 Å². The third-order valence-corrected chi connectivity index (χ3v) is 1.87. The van der Waals surface area contributed by atoms with E-state index in [1.807, 2.05) is 12.4 Å². The van der Waals surface area contributed by atoms with Crippen molar-refractivity contribution in [1.82, 2.24) is 9.97 Å². The van der Waals surface area contributed by atoms with Crippen molar-refractivity contribution in [3.63, 3.8) is 0 Å². The molecule has 2 aromatic heterocycles. The number of nitrogens with zero attached hydrogens (tertiary/aromatic N) is 1. The molecule has 2 nitrogen and oxygen atoms in total. The number of pyridine rings is 1. The summed E-state index contributed by atoms with van der Waals surface area (Å²) in [6.45, 7) is 4.14. The van der Waals surface area contributed by atoms with Crippen LogP contribution in [0.1, 0.15) is 11.1 Å². The predicted molar refractivity (Wildman–Crippen MR) is 45.6 cm³/mol. The molecule has 0 atom stereocenters. The number of nitrogens with one attached hydrogen (secondary N) is 1. The summed E-state index contributed by atoms with van der Waals surface area (Å²) in [7, 11) is 0. The summed E-state index contributed by atoms with van der Waals surface area (Å²) in [5.74, 6) is 0. The Labute approximate surface area is 65.3 Å². The molecule has 0 radical (unpaired) electrons. The summed E-state index contributed by atoms with van der Waals surface area (Å²) >= 11 is 0. The van der Waals surface area contributed by atoms with Crippen LogP contribution in [0.4, 0.5) is 0 Å². The number of fused-ring (bicyclic) bond motifs is 1. The number of H-pyrrole nitrogens is 1. The molecule has 56 valence electrons. The van der Waals surface area contributed by atoms with E-state index in [0.29, 0.717) is 0 Å². The summed E-state index contributed by atoms with van der Waals surface area (Å²) in [5.41, 5.74) is 3.45. The molecule has 0 amide bonds. The van der Waals surface area contributed by atoms with E-state index in [2.05, 4.69) is 29.9 Å². The Morgan fingerprint density at radius 2 is 2.18 bits per heavy atom. The van der Waals surface area contributed by atoms with Crippen LogP contribution in [0.15, 0.2) is 18.5 Å². The summed E-state index contributed by atoms with van der Waals surface area (Å²) < 4.78 is 0. The Balaban J connectivity index is 2.87. The Morgan fingerprint density at radius 1 is 1.36 bits per heavy atom. The molecule has 2 rings (SSSR count). The second kappa shape index (κ2) is 2.09. The zero-order chi connectivity index (χ0) is 7.84. The van der Waals surface area contributed by atoms with Gasteiger partial charge in [-0.15, -0.1) is 0 Å². The second-order valence-electron chi connectivity index (χ2n) is 2.88. The van der Waals surface area contributed by atoms with E-state index in [-0.39, 0.29) is 0 Å². The van der Waals surface area contributed by atoms with Crippen LogP contribution in [0.5, 0.6) is 0 Å². The Kier molecular flexibility index (Phi) is 1.22. The minimum Gasteiger partial charge on any atom is -0.346 e. The first-order chi connectivity index (χ1) is 5.27. The molecule has 2 heterocycles. The molecule has 0 bridgehead atoms. The van der Waals surface area contributed by atoms with Crippen LogP contribution in [-0.4, -0.2) is 9.97 Å². The average molecular weight is 146 g/mol. The summed E-state index contributed by atoms with van der Waals surface area (Å²) in [4.78, 5) is 7.35. The fourth-order valence-electron chi connectivity index (χ4n) is 1.24. The number of aromatic amines is 1. The van der Waals surface area contributed by atoms with Gasteiger partial charge in [0.2, 0.25) is 0 Å². The third-order valence-electron chi connectivity index (χ3n) is 1.87. The van der Waals surface area contributed by atoms with Gasteiger partial charge >= 0.3 is 0 Å². The van der Waals surface area contributed by atoms with Gasteiger partial charge in [-0.05, 0) is 31.0 Å². The zero-order valence-corrected chi connectivity index (χ0v) is 6.68.